The largest absolute Gasteiger partial charge is 0.410 e. The van der Waals surface area contributed by atoms with Crippen LogP contribution in [0.5, 0.6) is 0 Å². The molecule has 0 aliphatic carbocycles. The van der Waals surface area contributed by atoms with Crippen LogP contribution in [0.1, 0.15) is 40.1 Å². The number of hydrogen-bond acceptors (Lipinski definition) is 3. The van der Waals surface area contributed by atoms with Crippen molar-refractivity contribution >= 4 is 34.9 Å². The van der Waals surface area contributed by atoms with Gasteiger partial charge in [0.25, 0.3) is 5.91 Å². The second-order valence-electron chi connectivity index (χ2n) is 7.64. The molecule has 2 atom stereocenters. The highest BCUT2D eigenvalue weighted by Gasteiger charge is 2.48. The van der Waals surface area contributed by atoms with Crippen molar-refractivity contribution in [2.75, 3.05) is 12.4 Å². The first-order valence-electron chi connectivity index (χ1n) is 9.81. The number of aromatic nitrogens is 2. The van der Waals surface area contributed by atoms with Crippen molar-refractivity contribution in [2.45, 2.75) is 31.2 Å². The number of halogens is 5. The van der Waals surface area contributed by atoms with Gasteiger partial charge in [0.15, 0.2) is 11.7 Å². The molecule has 10 heteroatoms. The lowest BCUT2D eigenvalue weighted by molar-refractivity contribution is -0.173. The molecule has 0 unspecified atom stereocenters. The Kier molecular flexibility index (Phi) is 6.09. The summed E-state index contributed by atoms with van der Waals surface area (Å²) < 4.78 is 42.5. The van der Waals surface area contributed by atoms with Gasteiger partial charge in [-0.05, 0) is 23.3 Å². The summed E-state index contributed by atoms with van der Waals surface area (Å²) in [6, 6.07) is 13.2. The number of benzene rings is 2. The minimum atomic E-state index is -4.58. The summed E-state index contributed by atoms with van der Waals surface area (Å²) >= 11 is 12.3. The number of carbonyl (C=O) groups is 1. The Bertz CT molecular complexity index is 1120. The topological polar surface area (TPSA) is 50.2 Å². The van der Waals surface area contributed by atoms with E-state index in [1.165, 1.54) is 4.90 Å². The molecular formula is C22H19Cl2F3N4O. The van der Waals surface area contributed by atoms with Gasteiger partial charge >= 0.3 is 6.18 Å². The number of alkyl halides is 3. The highest BCUT2D eigenvalue weighted by Crippen LogP contribution is 2.46. The number of hydrogen-bond donors (Lipinski definition) is 1. The van der Waals surface area contributed by atoms with Crippen LogP contribution < -0.4 is 5.32 Å². The first-order valence-corrected chi connectivity index (χ1v) is 10.6. The van der Waals surface area contributed by atoms with Crippen molar-refractivity contribution in [2.24, 2.45) is 0 Å². The molecule has 1 amide bonds. The van der Waals surface area contributed by atoms with Crippen LogP contribution in [0.25, 0.3) is 0 Å². The summed E-state index contributed by atoms with van der Waals surface area (Å²) in [4.78, 5) is 14.3. The Labute approximate surface area is 192 Å². The number of carbonyl (C=O) groups excluding carboxylic acids is 1. The van der Waals surface area contributed by atoms with Crippen LogP contribution in [0.4, 0.5) is 19.0 Å². The van der Waals surface area contributed by atoms with Gasteiger partial charge in [0.1, 0.15) is 10.8 Å². The molecule has 0 saturated carbocycles. The molecule has 3 aromatic rings. The van der Waals surface area contributed by atoms with Crippen molar-refractivity contribution in [1.29, 1.82) is 0 Å². The van der Waals surface area contributed by atoms with E-state index in [4.69, 9.17) is 23.2 Å². The summed E-state index contributed by atoms with van der Waals surface area (Å²) in [5, 5.41) is 7.36. The van der Waals surface area contributed by atoms with Gasteiger partial charge in [0.05, 0.1) is 6.04 Å². The first-order chi connectivity index (χ1) is 15.1. The van der Waals surface area contributed by atoms with Gasteiger partial charge in [-0.15, -0.1) is 0 Å². The Morgan fingerprint density at radius 1 is 1.16 bits per heavy atom. The van der Waals surface area contributed by atoms with Crippen LogP contribution in [-0.4, -0.2) is 33.8 Å². The second kappa shape index (κ2) is 8.67. The molecule has 0 saturated heterocycles. The monoisotopic (exact) mass is 482 g/mol. The van der Waals surface area contributed by atoms with Crippen molar-refractivity contribution in [1.82, 2.24) is 14.7 Å². The molecule has 0 spiro atoms. The zero-order valence-electron chi connectivity index (χ0n) is 16.9. The molecule has 4 rings (SSSR count). The lowest BCUT2D eigenvalue weighted by Crippen LogP contribution is -2.36. The zero-order chi connectivity index (χ0) is 23.0. The minimum Gasteiger partial charge on any atom is -0.362 e. The molecule has 1 aromatic heterocycles. The molecule has 0 radical (unpaired) electrons. The van der Waals surface area contributed by atoms with Crippen LogP contribution in [0, 0.1) is 0 Å². The quantitative estimate of drug-likeness (QED) is 0.487. The summed E-state index contributed by atoms with van der Waals surface area (Å²) in [5.41, 5.74) is 1.28. The molecule has 32 heavy (non-hydrogen) atoms. The molecule has 0 bridgehead atoms. The first kappa shape index (κ1) is 22.5. The number of rotatable bonds is 4. The van der Waals surface area contributed by atoms with Gasteiger partial charge in [0, 0.05) is 25.0 Å². The smallest absolute Gasteiger partial charge is 0.362 e. The van der Waals surface area contributed by atoms with Crippen LogP contribution in [-0.2, 0) is 6.54 Å². The molecular weight excluding hydrogens is 464 g/mol. The van der Waals surface area contributed by atoms with Crippen molar-refractivity contribution < 1.29 is 18.0 Å². The molecule has 0 fully saturated rings. The lowest BCUT2D eigenvalue weighted by Gasteiger charge is -2.33. The minimum absolute atomic E-state index is 0.0309. The van der Waals surface area contributed by atoms with E-state index < -0.39 is 24.2 Å². The molecule has 2 heterocycles. The average Bonchev–Trinajstić information content (AvgIpc) is 3.09. The lowest BCUT2D eigenvalue weighted by atomic mass is 9.97. The van der Waals surface area contributed by atoms with Gasteiger partial charge in [-0.2, -0.15) is 18.3 Å². The van der Waals surface area contributed by atoms with Gasteiger partial charge in [0.2, 0.25) is 0 Å². The maximum Gasteiger partial charge on any atom is 0.410 e. The third-order valence-corrected chi connectivity index (χ3v) is 5.99. The van der Waals surface area contributed by atoms with Crippen LogP contribution >= 0.6 is 23.2 Å². The number of fused-ring (bicyclic) bond motifs is 1. The number of nitrogens with zero attached hydrogens (tertiary/aromatic N) is 3. The summed E-state index contributed by atoms with van der Waals surface area (Å²) in [5.74, 6) is -0.594. The normalized spacial score (nSPS) is 18.1. The predicted molar refractivity (Wildman–Crippen MR) is 117 cm³/mol. The van der Waals surface area contributed by atoms with E-state index in [9.17, 15) is 18.0 Å². The third kappa shape index (κ3) is 4.42. The van der Waals surface area contributed by atoms with E-state index in [0.29, 0.717) is 10.6 Å². The zero-order valence-corrected chi connectivity index (χ0v) is 18.4. The predicted octanol–water partition coefficient (Wildman–Crippen LogP) is 6.12. The van der Waals surface area contributed by atoms with E-state index in [-0.39, 0.29) is 29.5 Å². The Morgan fingerprint density at radius 3 is 2.44 bits per heavy atom. The second-order valence-corrected chi connectivity index (χ2v) is 8.46. The van der Waals surface area contributed by atoms with Crippen LogP contribution in [0.2, 0.25) is 10.0 Å². The fourth-order valence-corrected chi connectivity index (χ4v) is 4.14. The standard InChI is InChI=1S/C22H19Cl2F3N4O/c1-30(12-13-5-3-2-4-6-13)21(32)19-18(24)20-28-16(14-7-9-15(23)10-8-14)11-17(22(25,26)27)31(20)29-19/h2-10,16-17,28H,11-12H2,1H3/t16-,17+/m1/s1. The highest BCUT2D eigenvalue weighted by molar-refractivity contribution is 6.36. The third-order valence-electron chi connectivity index (χ3n) is 5.38. The molecule has 1 N–H and O–H groups in total. The summed E-state index contributed by atoms with van der Waals surface area (Å²) in [6.45, 7) is 0.266. The fraction of sp³-hybridized carbons (Fsp3) is 0.273. The van der Waals surface area contributed by atoms with E-state index in [1.54, 1.807) is 31.3 Å². The van der Waals surface area contributed by atoms with E-state index in [0.717, 1.165) is 10.2 Å². The molecule has 168 valence electrons. The van der Waals surface area contributed by atoms with E-state index in [1.807, 2.05) is 30.3 Å². The number of amides is 1. The SMILES string of the molecule is CN(Cc1ccccc1)C(=O)c1nn2c(c1Cl)N[C@@H](c1ccc(Cl)cc1)C[C@H]2C(F)(F)F. The molecule has 1 aliphatic heterocycles. The molecule has 1 aliphatic rings. The van der Waals surface area contributed by atoms with E-state index in [2.05, 4.69) is 10.4 Å². The van der Waals surface area contributed by atoms with Gasteiger partial charge in [-0.25, -0.2) is 4.68 Å². The molecule has 2 aromatic carbocycles. The van der Waals surface area contributed by atoms with Gasteiger partial charge in [-0.1, -0.05) is 65.7 Å². The summed E-state index contributed by atoms with van der Waals surface area (Å²) in [7, 11) is 1.55. The number of nitrogens with one attached hydrogen (secondary N) is 1. The van der Waals surface area contributed by atoms with E-state index >= 15 is 0 Å². The van der Waals surface area contributed by atoms with Crippen molar-refractivity contribution in [3.63, 3.8) is 0 Å². The van der Waals surface area contributed by atoms with Crippen LogP contribution in [0.15, 0.2) is 54.6 Å². The Morgan fingerprint density at radius 2 is 1.81 bits per heavy atom. The fourth-order valence-electron chi connectivity index (χ4n) is 3.75. The van der Waals surface area contributed by atoms with Crippen molar-refractivity contribution in [3.8, 4) is 0 Å². The Hall–Kier alpha value is -2.71. The maximum absolute atomic E-state index is 13.9. The highest BCUT2D eigenvalue weighted by atomic mass is 35.5. The van der Waals surface area contributed by atoms with Crippen LogP contribution in [0.3, 0.4) is 0 Å². The Balaban J connectivity index is 1.67. The molecule has 5 nitrogen and oxygen atoms in total. The summed E-state index contributed by atoms with van der Waals surface area (Å²) in [6.07, 6.45) is -4.88. The maximum atomic E-state index is 13.9. The van der Waals surface area contributed by atoms with Gasteiger partial charge in [-0.3, -0.25) is 4.79 Å². The average molecular weight is 483 g/mol. The number of anilines is 1. The van der Waals surface area contributed by atoms with Crippen molar-refractivity contribution in [3.05, 3.63) is 81.5 Å². The van der Waals surface area contributed by atoms with Gasteiger partial charge < -0.3 is 10.2 Å².